The van der Waals surface area contributed by atoms with Crippen LogP contribution in [0.4, 0.5) is 0 Å². The predicted octanol–water partition coefficient (Wildman–Crippen LogP) is 1.50. The summed E-state index contributed by atoms with van der Waals surface area (Å²) in [5.41, 5.74) is 0.419. The van der Waals surface area contributed by atoms with Gasteiger partial charge < -0.3 is 30.0 Å². The predicted molar refractivity (Wildman–Crippen MR) is 113 cm³/mol. The highest BCUT2D eigenvalue weighted by Crippen LogP contribution is 2.53. The molecule has 8 atom stereocenters. The van der Waals surface area contributed by atoms with E-state index < -0.39 is 42.2 Å². The Labute approximate surface area is 184 Å². The minimum Gasteiger partial charge on any atom is -0.550 e. The summed E-state index contributed by atoms with van der Waals surface area (Å²) in [6, 6.07) is 0. The Morgan fingerprint density at radius 3 is 2.61 bits per heavy atom. The van der Waals surface area contributed by atoms with Gasteiger partial charge in [-0.05, 0) is 43.1 Å². The molecule has 2 rings (SSSR count). The van der Waals surface area contributed by atoms with Crippen molar-refractivity contribution in [1.29, 1.82) is 0 Å². The molecule has 3 N–H and O–H groups in total. The lowest BCUT2D eigenvalue weighted by molar-refractivity contribution is -0.307. The van der Waals surface area contributed by atoms with Gasteiger partial charge in [-0.25, -0.2) is 0 Å². The Hall–Kier alpha value is -1.70. The van der Waals surface area contributed by atoms with E-state index in [1.54, 1.807) is 0 Å². The van der Waals surface area contributed by atoms with E-state index in [-0.39, 0.29) is 30.1 Å². The molecule has 2 aliphatic rings. The molecule has 0 fully saturated rings. The summed E-state index contributed by atoms with van der Waals surface area (Å²) in [4.78, 5) is 23.2. The van der Waals surface area contributed by atoms with Gasteiger partial charge in [-0.2, -0.15) is 0 Å². The minimum absolute atomic E-state index is 0.0323. The lowest BCUT2D eigenvalue weighted by Gasteiger charge is -2.51. The molecule has 0 saturated heterocycles. The van der Waals surface area contributed by atoms with E-state index in [0.717, 1.165) is 5.57 Å². The fourth-order valence-electron chi connectivity index (χ4n) is 4.96. The first kappa shape index (κ1) is 25.6. The summed E-state index contributed by atoms with van der Waals surface area (Å²) < 4.78 is 5.93. The number of carbonyl (C=O) groups is 2. The number of carbonyl (C=O) groups excluding carboxylic acids is 2. The van der Waals surface area contributed by atoms with Crippen LogP contribution in [0.1, 0.15) is 66.2 Å². The third-order valence-corrected chi connectivity index (χ3v) is 7.13. The van der Waals surface area contributed by atoms with Gasteiger partial charge in [0, 0.05) is 24.2 Å². The molecule has 0 aromatic heterocycles. The minimum atomic E-state index is -1.35. The number of aliphatic hydroxyl groups is 3. The summed E-state index contributed by atoms with van der Waals surface area (Å²) >= 11 is 0. The largest absolute Gasteiger partial charge is 0.550 e. The number of fused-ring (bicyclic) bond motifs is 1. The molecule has 0 bridgehead atoms. The Morgan fingerprint density at radius 2 is 2.00 bits per heavy atom. The fourth-order valence-corrected chi connectivity index (χ4v) is 4.96. The summed E-state index contributed by atoms with van der Waals surface area (Å²) in [6.45, 7) is 7.90. The van der Waals surface area contributed by atoms with Crippen molar-refractivity contribution in [3.63, 3.8) is 0 Å². The van der Waals surface area contributed by atoms with E-state index in [9.17, 15) is 30.0 Å². The van der Waals surface area contributed by atoms with Gasteiger partial charge in [-0.15, -0.1) is 0 Å². The van der Waals surface area contributed by atoms with Crippen LogP contribution < -0.4 is 5.11 Å². The third-order valence-electron chi connectivity index (χ3n) is 7.13. The highest BCUT2D eigenvalue weighted by molar-refractivity contribution is 5.72. The van der Waals surface area contributed by atoms with Gasteiger partial charge in [0.15, 0.2) is 0 Å². The fraction of sp³-hybridized carbons (Fsp3) is 0.750. The van der Waals surface area contributed by atoms with E-state index in [1.165, 1.54) is 0 Å². The number of carboxylic acids is 1. The van der Waals surface area contributed by atoms with Crippen LogP contribution in [0.3, 0.4) is 0 Å². The maximum absolute atomic E-state index is 12.6. The van der Waals surface area contributed by atoms with Gasteiger partial charge in [0.05, 0.1) is 24.2 Å². The van der Waals surface area contributed by atoms with Crippen molar-refractivity contribution in [2.75, 3.05) is 0 Å². The lowest BCUT2D eigenvalue weighted by atomic mass is 9.56. The summed E-state index contributed by atoms with van der Waals surface area (Å²) in [6.07, 6.45) is 4.16. The van der Waals surface area contributed by atoms with Crippen molar-refractivity contribution < 1.29 is 34.8 Å². The van der Waals surface area contributed by atoms with Crippen LogP contribution in [0.2, 0.25) is 0 Å². The molecule has 0 radical (unpaired) electrons. The first-order valence-corrected chi connectivity index (χ1v) is 11.3. The third kappa shape index (κ3) is 6.18. The highest BCUT2D eigenvalue weighted by Gasteiger charge is 2.51. The van der Waals surface area contributed by atoms with E-state index in [4.69, 9.17) is 4.74 Å². The first-order chi connectivity index (χ1) is 14.5. The Morgan fingerprint density at radius 1 is 1.32 bits per heavy atom. The molecule has 0 saturated carbocycles. The molecular formula is C24H37O7-. The van der Waals surface area contributed by atoms with Crippen molar-refractivity contribution in [3.05, 3.63) is 23.8 Å². The van der Waals surface area contributed by atoms with Crippen LogP contribution in [-0.4, -0.2) is 51.7 Å². The topological polar surface area (TPSA) is 127 Å². The monoisotopic (exact) mass is 437 g/mol. The van der Waals surface area contributed by atoms with Crippen molar-refractivity contribution in [1.82, 2.24) is 0 Å². The number of allylic oxidation sites excluding steroid dienone is 2. The van der Waals surface area contributed by atoms with Crippen molar-refractivity contribution in [3.8, 4) is 0 Å². The molecule has 0 amide bonds. The van der Waals surface area contributed by atoms with Crippen LogP contribution in [0.15, 0.2) is 23.8 Å². The number of esters is 1. The van der Waals surface area contributed by atoms with Crippen LogP contribution in [-0.2, 0) is 14.3 Å². The maximum Gasteiger partial charge on any atom is 0.308 e. The van der Waals surface area contributed by atoms with Crippen LogP contribution in [0, 0.1) is 23.2 Å². The highest BCUT2D eigenvalue weighted by atomic mass is 16.5. The molecule has 1 unspecified atom stereocenters. The molecule has 0 aromatic carbocycles. The van der Waals surface area contributed by atoms with Crippen LogP contribution in [0.25, 0.3) is 0 Å². The SMILES string of the molecule is CC[C@H](C)C(=O)O[C@H]1C[C@H](O)C=C2C=C[C@H](C)[C@H](CCC(O)C[C@H](O)CC(=O)[O-])[C@]21C. The van der Waals surface area contributed by atoms with E-state index in [0.29, 0.717) is 25.7 Å². The zero-order valence-corrected chi connectivity index (χ0v) is 19.0. The molecule has 7 heteroatoms. The number of aliphatic hydroxyl groups excluding tert-OH is 3. The van der Waals surface area contributed by atoms with Crippen LogP contribution in [0.5, 0.6) is 0 Å². The summed E-state index contributed by atoms with van der Waals surface area (Å²) in [5.74, 6) is -1.65. The van der Waals surface area contributed by atoms with Crippen molar-refractivity contribution >= 4 is 11.9 Å². The Kier molecular flexibility index (Phi) is 8.86. The number of ether oxygens (including phenoxy) is 1. The number of carboxylic acid groups (broad SMARTS) is 1. The Balaban J connectivity index is 2.19. The molecule has 31 heavy (non-hydrogen) atoms. The average Bonchev–Trinajstić information content (AvgIpc) is 2.67. The molecule has 0 heterocycles. The molecule has 0 aromatic rings. The summed E-state index contributed by atoms with van der Waals surface area (Å²) in [5, 5.41) is 41.1. The molecule has 7 nitrogen and oxygen atoms in total. The zero-order chi connectivity index (χ0) is 23.3. The molecule has 176 valence electrons. The van der Waals surface area contributed by atoms with Gasteiger partial charge in [0.1, 0.15) is 6.10 Å². The first-order valence-electron chi connectivity index (χ1n) is 11.3. The molecule has 0 spiro atoms. The second kappa shape index (κ2) is 10.7. The van der Waals surface area contributed by atoms with E-state index >= 15 is 0 Å². The lowest BCUT2D eigenvalue weighted by Crippen LogP contribution is -2.51. The summed E-state index contributed by atoms with van der Waals surface area (Å²) in [7, 11) is 0. The number of rotatable bonds is 10. The van der Waals surface area contributed by atoms with Crippen LogP contribution >= 0.6 is 0 Å². The standard InChI is InChI=1S/C24H38O7/c1-5-14(2)23(30)31-21-12-18(26)10-16-7-6-15(3)20(24(16,21)4)9-8-17(25)11-19(27)13-22(28)29/h6-7,10,14-15,17-21,25-27H,5,8-9,11-13H2,1-4H3,(H,28,29)/p-1/t14-,15-,17?,18+,19-,20-,21-,24-/m0/s1. The number of aliphatic carboxylic acids is 1. The molecule has 0 aliphatic heterocycles. The number of hydrogen-bond acceptors (Lipinski definition) is 7. The van der Waals surface area contributed by atoms with Gasteiger partial charge >= 0.3 is 5.97 Å². The van der Waals surface area contributed by atoms with Crippen molar-refractivity contribution in [2.24, 2.45) is 23.2 Å². The van der Waals surface area contributed by atoms with E-state index in [1.807, 2.05) is 26.0 Å². The quantitative estimate of drug-likeness (QED) is 0.442. The second-order valence-corrected chi connectivity index (χ2v) is 9.46. The average molecular weight is 438 g/mol. The number of hydrogen-bond donors (Lipinski definition) is 3. The van der Waals surface area contributed by atoms with Gasteiger partial charge in [0.25, 0.3) is 0 Å². The normalized spacial score (nSPS) is 33.1. The van der Waals surface area contributed by atoms with Crippen molar-refractivity contribution in [2.45, 2.75) is 90.6 Å². The Bertz CT molecular complexity index is 700. The molecular weight excluding hydrogens is 400 g/mol. The van der Waals surface area contributed by atoms with Gasteiger partial charge in [-0.1, -0.05) is 45.9 Å². The smallest absolute Gasteiger partial charge is 0.308 e. The van der Waals surface area contributed by atoms with E-state index in [2.05, 4.69) is 19.9 Å². The zero-order valence-electron chi connectivity index (χ0n) is 19.0. The second-order valence-electron chi connectivity index (χ2n) is 9.46. The molecule has 2 aliphatic carbocycles. The van der Waals surface area contributed by atoms with Gasteiger partial charge in [-0.3, -0.25) is 4.79 Å². The maximum atomic E-state index is 12.6. The van der Waals surface area contributed by atoms with Gasteiger partial charge in [0.2, 0.25) is 0 Å².